The highest BCUT2D eigenvalue weighted by Crippen LogP contribution is 2.66. The second-order valence-electron chi connectivity index (χ2n) is 11.2. The minimum absolute atomic E-state index is 0.0410. The Morgan fingerprint density at radius 3 is 2.59 bits per heavy atom. The molecule has 1 amide bonds. The van der Waals surface area contributed by atoms with E-state index in [0.717, 1.165) is 37.5 Å². The van der Waals surface area contributed by atoms with Crippen molar-refractivity contribution < 1.29 is 4.79 Å². The number of rotatable bonds is 3. The van der Waals surface area contributed by atoms with Gasteiger partial charge in [-0.1, -0.05) is 31.6 Å². The maximum atomic E-state index is 12.7. The Morgan fingerprint density at radius 1 is 0.971 bits per heavy atom. The lowest BCUT2D eigenvalue weighted by atomic mass is 9.47. The van der Waals surface area contributed by atoms with Gasteiger partial charge in [-0.15, -0.1) is 0 Å². The van der Waals surface area contributed by atoms with Gasteiger partial charge in [0.15, 0.2) is 0 Å². The van der Waals surface area contributed by atoms with Crippen LogP contribution in [0, 0.1) is 28.6 Å². The van der Waals surface area contributed by atoms with E-state index < -0.39 is 0 Å². The van der Waals surface area contributed by atoms with Crippen LogP contribution in [-0.4, -0.2) is 32.1 Å². The van der Waals surface area contributed by atoms with Gasteiger partial charge in [0, 0.05) is 24.0 Å². The lowest BCUT2D eigenvalue weighted by molar-refractivity contribution is -0.0123. The summed E-state index contributed by atoms with van der Waals surface area (Å²) < 4.78 is 0. The van der Waals surface area contributed by atoms with Crippen LogP contribution in [0.2, 0.25) is 0 Å². The van der Waals surface area contributed by atoms with Gasteiger partial charge >= 0.3 is 0 Å². The molecule has 2 aromatic rings. The molecule has 0 radical (unpaired) electrons. The monoisotopic (exact) mass is 455 g/mol. The number of carbonyl (C=O) groups excluding carboxylic acids is 1. The van der Waals surface area contributed by atoms with E-state index in [4.69, 9.17) is 0 Å². The third-order valence-corrected chi connectivity index (χ3v) is 9.74. The zero-order chi connectivity index (χ0) is 23.3. The average molecular weight is 456 g/mol. The Bertz CT molecular complexity index is 1150. The van der Waals surface area contributed by atoms with E-state index in [2.05, 4.69) is 51.5 Å². The van der Waals surface area contributed by atoms with E-state index in [1.165, 1.54) is 36.6 Å². The molecule has 0 bridgehead atoms. The molecular weight excluding hydrogens is 422 g/mol. The van der Waals surface area contributed by atoms with Crippen molar-refractivity contribution in [2.45, 2.75) is 64.8 Å². The molecule has 6 heteroatoms. The molecule has 3 unspecified atom stereocenters. The number of nitrogens with zero attached hydrogens (tertiary/aromatic N) is 4. The molecule has 1 N–H and O–H groups in total. The summed E-state index contributed by atoms with van der Waals surface area (Å²) in [5.74, 6) is 2.10. The Morgan fingerprint density at radius 2 is 1.79 bits per heavy atom. The number of nitrogens with one attached hydrogen (secondary N) is 1. The van der Waals surface area contributed by atoms with Gasteiger partial charge in [-0.3, -0.25) is 4.79 Å². The van der Waals surface area contributed by atoms with Gasteiger partial charge in [-0.25, -0.2) is 9.97 Å². The number of hydrogen-bond donors (Lipinski definition) is 1. The van der Waals surface area contributed by atoms with Gasteiger partial charge in [-0.2, -0.15) is 10.2 Å². The van der Waals surface area contributed by atoms with Crippen molar-refractivity contribution in [3.63, 3.8) is 0 Å². The Hall–Kier alpha value is -2.89. The van der Waals surface area contributed by atoms with Crippen molar-refractivity contribution in [1.29, 1.82) is 0 Å². The van der Waals surface area contributed by atoms with Crippen LogP contribution in [0.4, 0.5) is 0 Å². The summed E-state index contributed by atoms with van der Waals surface area (Å²) >= 11 is 0. The molecule has 2 saturated carbocycles. The van der Waals surface area contributed by atoms with Crippen molar-refractivity contribution >= 4 is 11.5 Å². The van der Waals surface area contributed by atoms with Crippen LogP contribution in [0.1, 0.15) is 74.7 Å². The summed E-state index contributed by atoms with van der Waals surface area (Å²) in [5, 5.41) is 10.9. The molecule has 0 spiro atoms. The van der Waals surface area contributed by atoms with Crippen LogP contribution in [-0.2, 0) is 0 Å². The van der Waals surface area contributed by atoms with E-state index in [0.29, 0.717) is 11.5 Å². The van der Waals surface area contributed by atoms with Crippen molar-refractivity contribution in [3.05, 3.63) is 66.0 Å². The fraction of sp³-hybridized carbons (Fsp3) is 0.536. The number of amides is 1. The third kappa shape index (κ3) is 3.33. The van der Waals surface area contributed by atoms with Crippen LogP contribution in [0.25, 0.3) is 5.57 Å². The largest absolute Gasteiger partial charge is 0.349 e. The lowest BCUT2D eigenvalue weighted by Crippen LogP contribution is -2.51. The smallest absolute Gasteiger partial charge is 0.253 e. The zero-order valence-electron chi connectivity index (χ0n) is 20.1. The van der Waals surface area contributed by atoms with Crippen molar-refractivity contribution in [3.8, 4) is 0 Å². The molecule has 2 heterocycles. The second kappa shape index (κ2) is 8.10. The lowest BCUT2D eigenvalue weighted by Gasteiger charge is -2.58. The van der Waals surface area contributed by atoms with Gasteiger partial charge in [0.1, 0.15) is 6.33 Å². The first kappa shape index (κ1) is 21.6. The third-order valence-electron chi connectivity index (χ3n) is 9.74. The summed E-state index contributed by atoms with van der Waals surface area (Å²) in [6.07, 6.45) is 21.7. The molecular formula is C28H33N5O. The number of fused-ring (bicyclic) bond motifs is 5. The Kier molecular flexibility index (Phi) is 5.16. The fourth-order valence-corrected chi connectivity index (χ4v) is 7.93. The second-order valence-corrected chi connectivity index (χ2v) is 11.2. The summed E-state index contributed by atoms with van der Waals surface area (Å²) in [5.41, 5.74) is 5.29. The molecule has 4 aliphatic rings. The number of allylic oxidation sites excluding steroid dienone is 3. The Labute approximate surface area is 201 Å². The highest BCUT2D eigenvalue weighted by Gasteiger charge is 2.56. The summed E-state index contributed by atoms with van der Waals surface area (Å²) in [6, 6.07) is 1.92. The average Bonchev–Trinajstić information content (AvgIpc) is 3.22. The number of aromatic nitrogens is 4. The van der Waals surface area contributed by atoms with Gasteiger partial charge in [0.2, 0.25) is 0 Å². The summed E-state index contributed by atoms with van der Waals surface area (Å²) in [7, 11) is 0. The zero-order valence-corrected chi connectivity index (χ0v) is 20.1. The summed E-state index contributed by atoms with van der Waals surface area (Å²) in [6.45, 7) is 5.00. The molecule has 176 valence electrons. The van der Waals surface area contributed by atoms with Gasteiger partial charge < -0.3 is 5.32 Å². The van der Waals surface area contributed by atoms with Crippen LogP contribution in [0.15, 0.2) is 54.9 Å². The molecule has 34 heavy (non-hydrogen) atoms. The van der Waals surface area contributed by atoms with E-state index in [-0.39, 0.29) is 22.8 Å². The van der Waals surface area contributed by atoms with E-state index in [1.807, 2.05) is 12.4 Å². The standard InChI is InChI=1S/C28H33N5O/c1-27-10-7-21(33-26(34)18-9-12-31-32-16-18)13-20(27)3-4-22-24-6-5-23(19-14-29-17-30-15-19)28(24,2)11-8-25(22)27/h3,5,9,12,14-17,21-22,24-25H,4,6-8,10-11,13H2,1-2H3,(H,33,34)/t21-,22?,24?,25?,27-,28+/m0/s1. The molecule has 6 atom stereocenters. The first-order chi connectivity index (χ1) is 16.5. The van der Waals surface area contributed by atoms with Crippen LogP contribution >= 0.6 is 0 Å². The number of hydrogen-bond acceptors (Lipinski definition) is 5. The normalized spacial score (nSPS) is 36.4. The Balaban J connectivity index is 1.20. The maximum Gasteiger partial charge on any atom is 0.253 e. The topological polar surface area (TPSA) is 80.7 Å². The quantitative estimate of drug-likeness (QED) is 0.657. The molecule has 6 rings (SSSR count). The molecule has 2 fully saturated rings. The molecule has 6 nitrogen and oxygen atoms in total. The SMILES string of the molecule is C[C@]12CC[C@H](NC(=O)c3ccnnc3)CC1=CCC1C2CC[C@]2(C)C(c3cncnc3)=CCC12. The van der Waals surface area contributed by atoms with Crippen molar-refractivity contribution in [2.75, 3.05) is 0 Å². The van der Waals surface area contributed by atoms with Crippen molar-refractivity contribution in [1.82, 2.24) is 25.5 Å². The van der Waals surface area contributed by atoms with Gasteiger partial charge in [0.25, 0.3) is 5.91 Å². The van der Waals surface area contributed by atoms with E-state index in [9.17, 15) is 4.79 Å². The van der Waals surface area contributed by atoms with Gasteiger partial charge in [-0.05, 0) is 85.2 Å². The predicted molar refractivity (Wildman–Crippen MR) is 130 cm³/mol. The highest BCUT2D eigenvalue weighted by molar-refractivity contribution is 5.93. The first-order valence-electron chi connectivity index (χ1n) is 12.7. The van der Waals surface area contributed by atoms with E-state index in [1.54, 1.807) is 24.2 Å². The highest BCUT2D eigenvalue weighted by atomic mass is 16.1. The first-order valence-corrected chi connectivity index (χ1v) is 12.7. The number of carbonyl (C=O) groups is 1. The van der Waals surface area contributed by atoms with Crippen LogP contribution in [0.5, 0.6) is 0 Å². The van der Waals surface area contributed by atoms with Crippen LogP contribution in [0.3, 0.4) is 0 Å². The molecule has 4 aliphatic carbocycles. The predicted octanol–water partition coefficient (Wildman–Crippen LogP) is 5.02. The summed E-state index contributed by atoms with van der Waals surface area (Å²) in [4.78, 5) is 21.3. The minimum Gasteiger partial charge on any atom is -0.349 e. The molecule has 0 aromatic carbocycles. The molecule has 2 aromatic heterocycles. The minimum atomic E-state index is -0.0410. The van der Waals surface area contributed by atoms with Crippen LogP contribution < -0.4 is 5.32 Å². The van der Waals surface area contributed by atoms with E-state index >= 15 is 0 Å². The molecule has 0 saturated heterocycles. The maximum absolute atomic E-state index is 12.7. The van der Waals surface area contributed by atoms with Gasteiger partial charge in [0.05, 0.1) is 18.0 Å². The van der Waals surface area contributed by atoms with Crippen molar-refractivity contribution in [2.24, 2.45) is 28.6 Å². The fourth-order valence-electron chi connectivity index (χ4n) is 7.93. The molecule has 0 aliphatic heterocycles.